The van der Waals surface area contributed by atoms with E-state index in [1.807, 2.05) is 0 Å². The molecule has 0 aliphatic carbocycles. The Morgan fingerprint density at radius 1 is 0.909 bits per heavy atom. The average molecular weight is 162 g/mol. The van der Waals surface area contributed by atoms with Crippen LogP contribution in [-0.4, -0.2) is 55.1 Å². The molecule has 0 aromatic rings. The molecule has 68 valence electrons. The van der Waals surface area contributed by atoms with Gasteiger partial charge in [-0.1, -0.05) is 0 Å². The zero-order valence-electron chi connectivity index (χ0n) is 7.58. The molecular formula is C8H20NO2+. The average Bonchev–Trinajstić information content (AvgIpc) is 1.97. The normalized spacial score (nSPS) is 12.0. The van der Waals surface area contributed by atoms with Crippen molar-refractivity contribution in [1.82, 2.24) is 0 Å². The molecule has 0 radical (unpaired) electrons. The molecule has 0 unspecified atom stereocenters. The zero-order chi connectivity index (χ0) is 8.74. The van der Waals surface area contributed by atoms with E-state index in [-0.39, 0.29) is 13.2 Å². The number of hydrogen-bond donors (Lipinski definition) is 2. The second-order valence-corrected chi connectivity index (χ2v) is 3.54. The molecule has 0 spiro atoms. The molecule has 3 heteroatoms. The molecule has 3 nitrogen and oxygen atoms in total. The third-order valence-electron chi connectivity index (χ3n) is 1.84. The van der Waals surface area contributed by atoms with E-state index in [0.29, 0.717) is 0 Å². The van der Waals surface area contributed by atoms with Gasteiger partial charge in [0, 0.05) is 26.1 Å². The largest absolute Gasteiger partial charge is 0.396 e. The quantitative estimate of drug-likeness (QED) is 0.532. The van der Waals surface area contributed by atoms with Gasteiger partial charge in [0.25, 0.3) is 0 Å². The standard InChI is InChI=1S/C8H20NO2/c1-9(2,5-3-7-10)6-4-8-11/h10-11H,3-8H2,1-2H3/q+1. The van der Waals surface area contributed by atoms with Gasteiger partial charge in [-0.25, -0.2) is 0 Å². The van der Waals surface area contributed by atoms with Crippen molar-refractivity contribution >= 4 is 0 Å². The Balaban J connectivity index is 3.43. The molecule has 0 aromatic carbocycles. The van der Waals surface area contributed by atoms with Crippen molar-refractivity contribution in [1.29, 1.82) is 0 Å². The first-order valence-corrected chi connectivity index (χ1v) is 4.16. The van der Waals surface area contributed by atoms with E-state index in [1.54, 1.807) is 0 Å². The number of hydrogen-bond acceptors (Lipinski definition) is 2. The first kappa shape index (κ1) is 10.9. The van der Waals surface area contributed by atoms with E-state index >= 15 is 0 Å². The van der Waals surface area contributed by atoms with Crippen LogP contribution in [0.25, 0.3) is 0 Å². The summed E-state index contributed by atoms with van der Waals surface area (Å²) in [6, 6.07) is 0. The number of aliphatic hydroxyl groups excluding tert-OH is 2. The molecule has 11 heavy (non-hydrogen) atoms. The molecule has 0 aliphatic heterocycles. The van der Waals surface area contributed by atoms with Gasteiger partial charge in [0.2, 0.25) is 0 Å². The molecule has 0 fully saturated rings. The van der Waals surface area contributed by atoms with E-state index in [0.717, 1.165) is 30.4 Å². The summed E-state index contributed by atoms with van der Waals surface area (Å²) in [6.07, 6.45) is 1.69. The van der Waals surface area contributed by atoms with Crippen molar-refractivity contribution in [3.05, 3.63) is 0 Å². The Morgan fingerprint density at radius 2 is 1.27 bits per heavy atom. The summed E-state index contributed by atoms with van der Waals surface area (Å²) in [4.78, 5) is 0. The summed E-state index contributed by atoms with van der Waals surface area (Å²) in [5, 5.41) is 17.2. The number of aliphatic hydroxyl groups is 2. The Bertz CT molecular complexity index is 84.1. The fourth-order valence-corrected chi connectivity index (χ4v) is 1.11. The highest BCUT2D eigenvalue weighted by molar-refractivity contribution is 4.37. The van der Waals surface area contributed by atoms with Crippen molar-refractivity contribution in [2.75, 3.05) is 40.4 Å². The highest BCUT2D eigenvalue weighted by Crippen LogP contribution is 2.00. The van der Waals surface area contributed by atoms with Crippen LogP contribution in [0.3, 0.4) is 0 Å². The van der Waals surface area contributed by atoms with E-state index in [1.165, 1.54) is 0 Å². The first-order valence-electron chi connectivity index (χ1n) is 4.16. The van der Waals surface area contributed by atoms with Gasteiger partial charge >= 0.3 is 0 Å². The van der Waals surface area contributed by atoms with Crippen LogP contribution in [0.1, 0.15) is 12.8 Å². The first-order chi connectivity index (χ1) is 5.12. The molecule has 0 saturated heterocycles. The lowest BCUT2D eigenvalue weighted by Crippen LogP contribution is -2.41. The molecular weight excluding hydrogens is 142 g/mol. The van der Waals surface area contributed by atoms with Crippen molar-refractivity contribution < 1.29 is 14.7 Å². The van der Waals surface area contributed by atoms with E-state index in [2.05, 4.69) is 14.1 Å². The summed E-state index contributed by atoms with van der Waals surface area (Å²) in [5.74, 6) is 0. The zero-order valence-corrected chi connectivity index (χ0v) is 7.58. The van der Waals surface area contributed by atoms with E-state index in [4.69, 9.17) is 10.2 Å². The van der Waals surface area contributed by atoms with Crippen molar-refractivity contribution in [3.8, 4) is 0 Å². The fourth-order valence-electron chi connectivity index (χ4n) is 1.11. The Morgan fingerprint density at radius 3 is 1.55 bits per heavy atom. The van der Waals surface area contributed by atoms with Crippen LogP contribution in [0.4, 0.5) is 0 Å². The van der Waals surface area contributed by atoms with Crippen LogP contribution in [0.15, 0.2) is 0 Å². The maximum atomic E-state index is 8.60. The van der Waals surface area contributed by atoms with Crippen LogP contribution in [0.5, 0.6) is 0 Å². The third kappa shape index (κ3) is 6.28. The van der Waals surface area contributed by atoms with Crippen molar-refractivity contribution in [2.45, 2.75) is 12.8 Å². The minimum Gasteiger partial charge on any atom is -0.396 e. The molecule has 0 rings (SSSR count). The lowest BCUT2D eigenvalue weighted by Gasteiger charge is -2.29. The van der Waals surface area contributed by atoms with Crippen LogP contribution in [-0.2, 0) is 0 Å². The van der Waals surface area contributed by atoms with E-state index in [9.17, 15) is 0 Å². The predicted octanol–water partition coefficient (Wildman–Crippen LogP) is -0.172. The molecule has 0 amide bonds. The minimum atomic E-state index is 0.265. The summed E-state index contributed by atoms with van der Waals surface area (Å²) < 4.78 is 0.890. The summed E-state index contributed by atoms with van der Waals surface area (Å²) in [7, 11) is 4.23. The molecule has 0 atom stereocenters. The maximum Gasteiger partial charge on any atom is 0.0804 e. The van der Waals surface area contributed by atoms with Crippen LogP contribution < -0.4 is 0 Å². The minimum absolute atomic E-state index is 0.265. The Labute approximate surface area is 68.9 Å². The summed E-state index contributed by atoms with van der Waals surface area (Å²) in [6.45, 7) is 2.49. The molecule has 0 saturated carbocycles. The predicted molar refractivity (Wildman–Crippen MR) is 45.2 cm³/mol. The van der Waals surface area contributed by atoms with Gasteiger partial charge < -0.3 is 14.7 Å². The Kier molecular flexibility index (Phi) is 5.46. The molecule has 2 N–H and O–H groups in total. The highest BCUT2D eigenvalue weighted by Gasteiger charge is 2.12. The summed E-state index contributed by atoms with van der Waals surface area (Å²) in [5.41, 5.74) is 0. The van der Waals surface area contributed by atoms with Crippen molar-refractivity contribution in [3.63, 3.8) is 0 Å². The van der Waals surface area contributed by atoms with Crippen LogP contribution in [0.2, 0.25) is 0 Å². The second-order valence-electron chi connectivity index (χ2n) is 3.54. The summed E-state index contributed by atoms with van der Waals surface area (Å²) >= 11 is 0. The van der Waals surface area contributed by atoms with Gasteiger partial charge in [-0.05, 0) is 0 Å². The van der Waals surface area contributed by atoms with Gasteiger partial charge in [-0.2, -0.15) is 0 Å². The third-order valence-corrected chi connectivity index (χ3v) is 1.84. The van der Waals surface area contributed by atoms with Gasteiger partial charge in [0.15, 0.2) is 0 Å². The SMILES string of the molecule is C[N+](C)(CCCO)CCCO. The van der Waals surface area contributed by atoms with Gasteiger partial charge in [0.1, 0.15) is 0 Å². The molecule has 0 aliphatic rings. The van der Waals surface area contributed by atoms with Crippen LogP contribution >= 0.6 is 0 Å². The molecule has 0 aromatic heterocycles. The fraction of sp³-hybridized carbons (Fsp3) is 1.00. The van der Waals surface area contributed by atoms with Crippen LogP contribution in [0, 0.1) is 0 Å². The molecule has 0 bridgehead atoms. The monoisotopic (exact) mass is 162 g/mol. The molecule has 0 heterocycles. The van der Waals surface area contributed by atoms with Gasteiger partial charge in [0.05, 0.1) is 27.2 Å². The maximum absolute atomic E-state index is 8.60. The highest BCUT2D eigenvalue weighted by atomic mass is 16.3. The van der Waals surface area contributed by atoms with Gasteiger partial charge in [-0.15, -0.1) is 0 Å². The number of quaternary nitrogens is 1. The lowest BCUT2D eigenvalue weighted by molar-refractivity contribution is -0.890. The Hall–Kier alpha value is -0.120. The van der Waals surface area contributed by atoms with Crippen molar-refractivity contribution in [2.24, 2.45) is 0 Å². The lowest BCUT2D eigenvalue weighted by atomic mass is 10.3. The second kappa shape index (κ2) is 5.52. The van der Waals surface area contributed by atoms with E-state index < -0.39 is 0 Å². The smallest absolute Gasteiger partial charge is 0.0804 e. The topological polar surface area (TPSA) is 40.5 Å². The number of rotatable bonds is 6. The number of nitrogens with zero attached hydrogens (tertiary/aromatic N) is 1. The van der Waals surface area contributed by atoms with Gasteiger partial charge in [-0.3, -0.25) is 0 Å².